The van der Waals surface area contributed by atoms with E-state index in [9.17, 15) is 14.4 Å². The molecule has 4 aromatic rings. The zero-order valence-electron chi connectivity index (χ0n) is 21.1. The Morgan fingerprint density at radius 2 is 1.82 bits per heavy atom. The van der Waals surface area contributed by atoms with Crippen molar-refractivity contribution in [2.24, 2.45) is 0 Å². The van der Waals surface area contributed by atoms with Gasteiger partial charge in [-0.1, -0.05) is 24.6 Å². The third-order valence-corrected chi connectivity index (χ3v) is 6.06. The summed E-state index contributed by atoms with van der Waals surface area (Å²) < 4.78 is 22.2. The van der Waals surface area contributed by atoms with E-state index < -0.39 is 23.9 Å². The Balaban J connectivity index is 1.61. The van der Waals surface area contributed by atoms with Crippen LogP contribution in [0.1, 0.15) is 29.3 Å². The second-order valence-electron chi connectivity index (χ2n) is 8.47. The summed E-state index contributed by atoms with van der Waals surface area (Å²) in [6.45, 7) is 3.53. The maximum atomic E-state index is 13.4. The molecule has 0 aliphatic heterocycles. The van der Waals surface area contributed by atoms with Crippen LogP contribution in [-0.4, -0.2) is 32.2 Å². The number of benzene rings is 3. The number of nitrogens with one attached hydrogen (secondary N) is 1. The van der Waals surface area contributed by atoms with E-state index in [1.54, 1.807) is 55.6 Å². The fourth-order valence-electron chi connectivity index (χ4n) is 3.70. The number of methoxy groups -OCH3 is 1. The Bertz CT molecular complexity index is 1540. The molecular formula is C29H26ClNO7. The first-order valence-electron chi connectivity index (χ1n) is 11.9. The van der Waals surface area contributed by atoms with Crippen LogP contribution in [0.4, 0.5) is 5.69 Å². The van der Waals surface area contributed by atoms with Gasteiger partial charge in [0, 0.05) is 16.3 Å². The number of hydrogen-bond donors (Lipinski definition) is 1. The number of aryl methyl sites for hydroxylation is 1. The molecule has 0 radical (unpaired) electrons. The van der Waals surface area contributed by atoms with Crippen molar-refractivity contribution in [1.82, 2.24) is 0 Å². The van der Waals surface area contributed by atoms with Crippen molar-refractivity contribution in [3.63, 3.8) is 0 Å². The number of halogens is 1. The van der Waals surface area contributed by atoms with Gasteiger partial charge in [-0.05, 0) is 73.5 Å². The highest BCUT2D eigenvalue weighted by Gasteiger charge is 2.20. The lowest BCUT2D eigenvalue weighted by molar-refractivity contribution is -0.118. The molecule has 0 saturated heterocycles. The fraction of sp³-hybridized carbons (Fsp3) is 0.207. The highest BCUT2D eigenvalue weighted by atomic mass is 35.5. The quantitative estimate of drug-likeness (QED) is 0.261. The largest absolute Gasteiger partial charge is 0.497 e. The van der Waals surface area contributed by atoms with Gasteiger partial charge in [-0.2, -0.15) is 0 Å². The number of anilines is 1. The fourth-order valence-corrected chi connectivity index (χ4v) is 3.86. The first-order chi connectivity index (χ1) is 18.3. The molecule has 0 atom stereocenters. The van der Waals surface area contributed by atoms with Gasteiger partial charge in [0.1, 0.15) is 11.3 Å². The molecule has 196 valence electrons. The van der Waals surface area contributed by atoms with Gasteiger partial charge < -0.3 is 23.9 Å². The van der Waals surface area contributed by atoms with Gasteiger partial charge in [0.2, 0.25) is 11.2 Å². The summed E-state index contributed by atoms with van der Waals surface area (Å²) in [7, 11) is 1.55. The van der Waals surface area contributed by atoms with Crippen LogP contribution in [0.3, 0.4) is 0 Å². The van der Waals surface area contributed by atoms with Crippen molar-refractivity contribution >= 4 is 40.1 Å². The van der Waals surface area contributed by atoms with Crippen LogP contribution in [0.15, 0.2) is 69.9 Å². The van der Waals surface area contributed by atoms with Crippen molar-refractivity contribution in [3.8, 4) is 22.8 Å². The molecule has 8 nitrogen and oxygen atoms in total. The predicted octanol–water partition coefficient (Wildman–Crippen LogP) is 6.01. The summed E-state index contributed by atoms with van der Waals surface area (Å²) in [5.74, 6) is -0.352. The maximum absolute atomic E-state index is 13.4. The monoisotopic (exact) mass is 535 g/mol. The number of rotatable bonds is 9. The van der Waals surface area contributed by atoms with Crippen LogP contribution in [0.25, 0.3) is 22.3 Å². The second-order valence-corrected chi connectivity index (χ2v) is 8.88. The Morgan fingerprint density at radius 1 is 1.05 bits per heavy atom. The van der Waals surface area contributed by atoms with Crippen LogP contribution >= 0.6 is 11.6 Å². The zero-order valence-corrected chi connectivity index (χ0v) is 21.9. The minimum absolute atomic E-state index is 0.130. The third kappa shape index (κ3) is 5.98. The van der Waals surface area contributed by atoms with E-state index in [4.69, 9.17) is 30.2 Å². The number of carbonyl (C=O) groups excluding carboxylic acids is 2. The first kappa shape index (κ1) is 26.8. The average molecular weight is 536 g/mol. The number of fused-ring (bicyclic) bond motifs is 1. The lowest BCUT2D eigenvalue weighted by atomic mass is 10.1. The summed E-state index contributed by atoms with van der Waals surface area (Å²) in [5.41, 5.74) is 1.87. The Labute approximate surface area is 224 Å². The molecule has 0 unspecified atom stereocenters. The molecule has 9 heteroatoms. The van der Waals surface area contributed by atoms with Crippen molar-refractivity contribution in [2.45, 2.75) is 20.3 Å². The van der Waals surface area contributed by atoms with Crippen molar-refractivity contribution < 1.29 is 28.2 Å². The van der Waals surface area contributed by atoms with Crippen molar-refractivity contribution in [3.05, 3.63) is 87.0 Å². The summed E-state index contributed by atoms with van der Waals surface area (Å²) in [6, 6.07) is 16.5. The highest BCUT2D eigenvalue weighted by molar-refractivity contribution is 6.32. The van der Waals surface area contributed by atoms with Gasteiger partial charge in [-0.25, -0.2) is 4.79 Å². The minimum Gasteiger partial charge on any atom is -0.497 e. The van der Waals surface area contributed by atoms with Crippen molar-refractivity contribution in [1.29, 1.82) is 0 Å². The maximum Gasteiger partial charge on any atom is 0.338 e. The molecule has 1 heterocycles. The van der Waals surface area contributed by atoms with E-state index >= 15 is 0 Å². The second kappa shape index (κ2) is 11.8. The highest BCUT2D eigenvalue weighted by Crippen LogP contribution is 2.33. The Kier molecular flexibility index (Phi) is 8.33. The van der Waals surface area contributed by atoms with E-state index in [0.29, 0.717) is 46.2 Å². The molecule has 0 fully saturated rings. The van der Waals surface area contributed by atoms with Crippen LogP contribution in [0.2, 0.25) is 5.02 Å². The zero-order chi connectivity index (χ0) is 27.2. The van der Waals surface area contributed by atoms with Gasteiger partial charge in [-0.3, -0.25) is 9.59 Å². The molecule has 38 heavy (non-hydrogen) atoms. The Morgan fingerprint density at radius 3 is 2.53 bits per heavy atom. The molecule has 0 aliphatic carbocycles. The number of hydrogen-bond acceptors (Lipinski definition) is 7. The molecule has 1 N–H and O–H groups in total. The molecular weight excluding hydrogens is 510 g/mol. The van der Waals surface area contributed by atoms with Crippen LogP contribution in [-0.2, 0) is 9.53 Å². The lowest BCUT2D eigenvalue weighted by Crippen LogP contribution is -2.23. The van der Waals surface area contributed by atoms with Crippen LogP contribution in [0, 0.1) is 6.92 Å². The number of amides is 1. The van der Waals surface area contributed by atoms with Gasteiger partial charge >= 0.3 is 5.97 Å². The predicted molar refractivity (Wildman–Crippen MR) is 145 cm³/mol. The van der Waals surface area contributed by atoms with Crippen LogP contribution < -0.4 is 20.2 Å². The molecule has 0 saturated carbocycles. The van der Waals surface area contributed by atoms with E-state index in [1.807, 2.05) is 13.8 Å². The van der Waals surface area contributed by atoms with Crippen molar-refractivity contribution in [2.75, 3.05) is 25.6 Å². The average Bonchev–Trinajstić information content (AvgIpc) is 2.92. The summed E-state index contributed by atoms with van der Waals surface area (Å²) in [6.07, 6.45) is 0.701. The van der Waals surface area contributed by atoms with Gasteiger partial charge in [0.15, 0.2) is 12.4 Å². The third-order valence-electron chi connectivity index (χ3n) is 5.65. The topological polar surface area (TPSA) is 104 Å². The lowest BCUT2D eigenvalue weighted by Gasteiger charge is -2.13. The summed E-state index contributed by atoms with van der Waals surface area (Å²) in [4.78, 5) is 38.3. The van der Waals surface area contributed by atoms with E-state index in [0.717, 1.165) is 5.56 Å². The Hall–Kier alpha value is -4.30. The molecule has 0 aliphatic rings. The van der Waals surface area contributed by atoms with E-state index in [1.165, 1.54) is 12.1 Å². The smallest absolute Gasteiger partial charge is 0.338 e. The number of esters is 1. The van der Waals surface area contributed by atoms with Crippen LogP contribution in [0.5, 0.6) is 11.5 Å². The van der Waals surface area contributed by atoms with E-state index in [-0.39, 0.29) is 16.9 Å². The van der Waals surface area contributed by atoms with Gasteiger partial charge in [0.05, 0.1) is 24.7 Å². The molecule has 0 spiro atoms. The standard InChI is InChI=1S/C29H26ClNO7/c1-4-12-36-29(34)19-6-5-7-20(14-19)31-25(32)16-37-28-26(33)22-15-23(30)17(2)13-24(22)38-27(28)18-8-10-21(35-3)11-9-18/h5-11,13-15H,4,12,16H2,1-3H3,(H,31,32). The molecule has 4 rings (SSSR count). The summed E-state index contributed by atoms with van der Waals surface area (Å²) in [5, 5.41) is 3.30. The first-order valence-corrected chi connectivity index (χ1v) is 12.3. The van der Waals surface area contributed by atoms with Gasteiger partial charge in [-0.15, -0.1) is 0 Å². The van der Waals surface area contributed by atoms with Gasteiger partial charge in [0.25, 0.3) is 5.91 Å². The molecule has 1 aromatic heterocycles. The van der Waals surface area contributed by atoms with E-state index in [2.05, 4.69) is 5.32 Å². The molecule has 0 bridgehead atoms. The molecule has 1 amide bonds. The minimum atomic E-state index is -0.536. The number of ether oxygens (including phenoxy) is 3. The number of carbonyl (C=O) groups is 2. The normalized spacial score (nSPS) is 10.7. The SMILES string of the molecule is CCCOC(=O)c1cccc(NC(=O)COc2c(-c3ccc(OC)cc3)oc3cc(C)c(Cl)cc3c2=O)c1. The molecule has 3 aromatic carbocycles. The summed E-state index contributed by atoms with van der Waals surface area (Å²) >= 11 is 6.25.